The lowest BCUT2D eigenvalue weighted by atomic mass is 10.1. The number of benzene rings is 3. The number of ether oxygens (including phenoxy) is 2. The summed E-state index contributed by atoms with van der Waals surface area (Å²) in [6, 6.07) is 27.9. The van der Waals surface area contributed by atoms with Gasteiger partial charge in [0.25, 0.3) is 0 Å². The summed E-state index contributed by atoms with van der Waals surface area (Å²) < 4.78 is 41.5. The molecular weight excluding hydrogens is 471 g/mol. The number of aliphatic hydroxyl groups is 2. The third kappa shape index (κ3) is 7.54. The van der Waals surface area contributed by atoms with Gasteiger partial charge in [-0.3, -0.25) is 13.6 Å². The van der Waals surface area contributed by atoms with Gasteiger partial charge in [-0.2, -0.15) is 0 Å². The highest BCUT2D eigenvalue weighted by molar-refractivity contribution is 7.48. The van der Waals surface area contributed by atoms with E-state index in [2.05, 4.69) is 0 Å². The quantitative estimate of drug-likeness (QED) is 0.357. The average Bonchev–Trinajstić information content (AvgIpc) is 3.18. The van der Waals surface area contributed by atoms with E-state index in [0.29, 0.717) is 0 Å². The van der Waals surface area contributed by atoms with E-state index >= 15 is 0 Å². The number of aliphatic hydroxyl groups excluding tert-OH is 2. The van der Waals surface area contributed by atoms with Crippen molar-refractivity contribution in [2.24, 2.45) is 0 Å². The van der Waals surface area contributed by atoms with Gasteiger partial charge < -0.3 is 19.7 Å². The molecular formula is C26H29O8P. The first kappa shape index (κ1) is 25.7. The van der Waals surface area contributed by atoms with Gasteiger partial charge in [0.2, 0.25) is 0 Å². The highest BCUT2D eigenvalue weighted by Gasteiger charge is 2.45. The molecule has 3 aromatic rings. The van der Waals surface area contributed by atoms with Gasteiger partial charge in [-0.05, 0) is 16.7 Å². The van der Waals surface area contributed by atoms with E-state index in [-0.39, 0.29) is 26.4 Å². The summed E-state index contributed by atoms with van der Waals surface area (Å²) in [5, 5.41) is 20.4. The van der Waals surface area contributed by atoms with Gasteiger partial charge in [0, 0.05) is 0 Å². The third-order valence-corrected chi connectivity index (χ3v) is 6.81. The Morgan fingerprint density at radius 3 is 1.63 bits per heavy atom. The van der Waals surface area contributed by atoms with Crippen molar-refractivity contribution in [2.45, 2.75) is 44.4 Å². The van der Waals surface area contributed by atoms with Crippen molar-refractivity contribution in [2.75, 3.05) is 6.61 Å². The molecule has 1 aliphatic heterocycles. The first-order valence-electron chi connectivity index (χ1n) is 11.3. The second-order valence-corrected chi connectivity index (χ2v) is 9.75. The Morgan fingerprint density at radius 1 is 0.686 bits per heavy atom. The highest BCUT2D eigenvalue weighted by Crippen LogP contribution is 2.51. The molecule has 1 saturated heterocycles. The molecule has 0 radical (unpaired) electrons. The van der Waals surface area contributed by atoms with E-state index in [0.717, 1.165) is 16.7 Å². The molecule has 0 saturated carbocycles. The minimum absolute atomic E-state index is 0.0115. The maximum Gasteiger partial charge on any atom is 0.475 e. The lowest BCUT2D eigenvalue weighted by Crippen LogP contribution is -2.37. The third-order valence-electron chi connectivity index (χ3n) is 5.46. The monoisotopic (exact) mass is 500 g/mol. The molecule has 0 amide bonds. The Morgan fingerprint density at radius 2 is 1.14 bits per heavy atom. The van der Waals surface area contributed by atoms with E-state index in [1.54, 1.807) is 0 Å². The van der Waals surface area contributed by atoms with Crippen molar-refractivity contribution in [1.29, 1.82) is 0 Å². The molecule has 0 aromatic heterocycles. The average molecular weight is 500 g/mol. The maximum atomic E-state index is 13.5. The number of rotatable bonds is 12. The van der Waals surface area contributed by atoms with Crippen LogP contribution in [0.15, 0.2) is 91.0 Å². The largest absolute Gasteiger partial charge is 0.475 e. The summed E-state index contributed by atoms with van der Waals surface area (Å²) in [7, 11) is -4.04. The summed E-state index contributed by atoms with van der Waals surface area (Å²) in [5.41, 5.74) is 2.49. The van der Waals surface area contributed by atoms with Crippen LogP contribution in [0.2, 0.25) is 0 Å². The van der Waals surface area contributed by atoms with Crippen LogP contribution in [0.4, 0.5) is 0 Å². The molecule has 3 aromatic carbocycles. The highest BCUT2D eigenvalue weighted by atomic mass is 31.2. The van der Waals surface area contributed by atoms with E-state index in [1.807, 2.05) is 91.0 Å². The molecule has 1 aliphatic rings. The number of phosphoric ester groups is 1. The second-order valence-electron chi connectivity index (χ2n) is 8.08. The van der Waals surface area contributed by atoms with Crippen molar-refractivity contribution >= 4 is 7.82 Å². The molecule has 1 fully saturated rings. The summed E-state index contributed by atoms with van der Waals surface area (Å²) in [6.07, 6.45) is -4.54. The van der Waals surface area contributed by atoms with Crippen LogP contribution in [0, 0.1) is 0 Å². The normalized spacial score (nSPS) is 22.3. The molecule has 0 aliphatic carbocycles. The predicted molar refractivity (Wildman–Crippen MR) is 128 cm³/mol. The van der Waals surface area contributed by atoms with Crippen LogP contribution in [-0.4, -0.2) is 41.4 Å². The molecule has 4 atom stereocenters. The van der Waals surface area contributed by atoms with Crippen molar-refractivity contribution in [1.82, 2.24) is 0 Å². The van der Waals surface area contributed by atoms with Crippen LogP contribution in [-0.2, 0) is 47.4 Å². The molecule has 1 heterocycles. The molecule has 0 spiro atoms. The molecule has 8 nitrogen and oxygen atoms in total. The van der Waals surface area contributed by atoms with Crippen LogP contribution in [0.25, 0.3) is 0 Å². The van der Waals surface area contributed by atoms with E-state index in [1.165, 1.54) is 0 Å². The molecule has 4 rings (SSSR count). The number of hydrogen-bond acceptors (Lipinski definition) is 8. The van der Waals surface area contributed by atoms with E-state index in [4.69, 9.17) is 23.0 Å². The zero-order valence-electron chi connectivity index (χ0n) is 19.1. The van der Waals surface area contributed by atoms with Gasteiger partial charge >= 0.3 is 7.82 Å². The fourth-order valence-electron chi connectivity index (χ4n) is 3.56. The van der Waals surface area contributed by atoms with Crippen LogP contribution in [0.1, 0.15) is 16.7 Å². The Bertz CT molecular complexity index is 1020. The smallest absolute Gasteiger partial charge is 0.385 e. The Labute approximate surface area is 204 Å². The van der Waals surface area contributed by atoms with Crippen LogP contribution in [0.3, 0.4) is 0 Å². The fraction of sp³-hybridized carbons (Fsp3) is 0.308. The van der Waals surface area contributed by atoms with Crippen molar-refractivity contribution < 1.29 is 37.8 Å². The minimum atomic E-state index is -4.04. The van der Waals surface area contributed by atoms with Crippen LogP contribution < -0.4 is 0 Å². The summed E-state index contributed by atoms with van der Waals surface area (Å²) in [6.45, 7) is -0.0640. The topological polar surface area (TPSA) is 104 Å². The molecule has 2 N–H and O–H groups in total. The number of phosphoric acid groups is 1. The minimum Gasteiger partial charge on any atom is -0.385 e. The standard InChI is InChI=1S/C26H29O8P/c27-24-25(30-16-20-10-4-1-5-11-20)23(34-26(24)28)19-33-35(29,31-17-21-12-6-2-7-13-21)32-18-22-14-8-3-9-15-22/h1-15,23-28H,16-19H2/t23-,24-,25-,26?/m1/s1. The zero-order chi connectivity index (χ0) is 24.5. The lowest BCUT2D eigenvalue weighted by molar-refractivity contribution is -0.132. The molecule has 186 valence electrons. The Kier molecular flexibility index (Phi) is 9.20. The van der Waals surface area contributed by atoms with Gasteiger partial charge in [0.05, 0.1) is 26.4 Å². The zero-order valence-corrected chi connectivity index (χ0v) is 20.0. The second kappa shape index (κ2) is 12.5. The summed E-state index contributed by atoms with van der Waals surface area (Å²) >= 11 is 0. The van der Waals surface area contributed by atoms with Crippen molar-refractivity contribution in [3.63, 3.8) is 0 Å². The van der Waals surface area contributed by atoms with Gasteiger partial charge in [0.15, 0.2) is 6.29 Å². The summed E-state index contributed by atoms with van der Waals surface area (Å²) in [5.74, 6) is 0. The van der Waals surface area contributed by atoms with Gasteiger partial charge in [-0.25, -0.2) is 4.57 Å². The number of hydrogen-bond donors (Lipinski definition) is 2. The van der Waals surface area contributed by atoms with Crippen molar-refractivity contribution in [3.8, 4) is 0 Å². The Hall–Kier alpha value is -2.39. The lowest BCUT2D eigenvalue weighted by Gasteiger charge is -2.23. The van der Waals surface area contributed by atoms with E-state index < -0.39 is 32.4 Å². The molecule has 9 heteroatoms. The van der Waals surface area contributed by atoms with E-state index in [9.17, 15) is 14.8 Å². The van der Waals surface area contributed by atoms with Gasteiger partial charge in [0.1, 0.15) is 18.3 Å². The van der Waals surface area contributed by atoms with Gasteiger partial charge in [-0.1, -0.05) is 91.0 Å². The summed E-state index contributed by atoms with van der Waals surface area (Å²) in [4.78, 5) is 0. The maximum absolute atomic E-state index is 13.5. The molecule has 35 heavy (non-hydrogen) atoms. The van der Waals surface area contributed by atoms with Crippen LogP contribution in [0.5, 0.6) is 0 Å². The van der Waals surface area contributed by atoms with Crippen LogP contribution >= 0.6 is 7.82 Å². The fourth-order valence-corrected chi connectivity index (χ4v) is 4.73. The SMILES string of the molecule is O=P(OCc1ccccc1)(OCc1ccccc1)OC[C@H]1OC(O)[C@H](O)[C@@H]1OCc1ccccc1. The predicted octanol–water partition coefficient (Wildman–Crippen LogP) is 4.21. The first-order valence-corrected chi connectivity index (χ1v) is 12.8. The van der Waals surface area contributed by atoms with Gasteiger partial charge in [-0.15, -0.1) is 0 Å². The Balaban J connectivity index is 1.40. The first-order chi connectivity index (χ1) is 17.0. The van der Waals surface area contributed by atoms with Crippen molar-refractivity contribution in [3.05, 3.63) is 108 Å². The molecule has 1 unspecified atom stereocenters. The molecule has 0 bridgehead atoms.